The molecule has 5 heteroatoms. The fraction of sp³-hybridized carbons (Fsp3) is 0.636. The number of nitrogens with zero attached hydrogens (tertiary/aromatic N) is 3. The Balaban J connectivity index is 2.08. The molecule has 0 amide bonds. The maximum absolute atomic E-state index is 5.51. The van der Waals surface area contributed by atoms with Crippen molar-refractivity contribution in [3.8, 4) is 0 Å². The zero-order valence-corrected chi connectivity index (χ0v) is 9.76. The second-order valence-electron chi connectivity index (χ2n) is 4.29. The fourth-order valence-corrected chi connectivity index (χ4v) is 2.04. The van der Waals surface area contributed by atoms with Crippen molar-refractivity contribution in [1.82, 2.24) is 9.97 Å². The minimum Gasteiger partial charge on any atom is -0.382 e. The van der Waals surface area contributed by atoms with Gasteiger partial charge in [0.15, 0.2) is 0 Å². The Morgan fingerprint density at radius 1 is 1.44 bits per heavy atom. The van der Waals surface area contributed by atoms with Crippen LogP contribution in [-0.2, 0) is 4.74 Å². The summed E-state index contributed by atoms with van der Waals surface area (Å²) < 4.78 is 5.46. The Morgan fingerprint density at radius 3 is 2.88 bits per heavy atom. The van der Waals surface area contributed by atoms with Crippen LogP contribution in [0.15, 0.2) is 12.4 Å². The van der Waals surface area contributed by atoms with Gasteiger partial charge in [-0.25, -0.2) is 9.97 Å². The summed E-state index contributed by atoms with van der Waals surface area (Å²) in [6.07, 6.45) is 4.70. The molecule has 2 rings (SSSR count). The van der Waals surface area contributed by atoms with E-state index < -0.39 is 0 Å². The molecule has 1 aromatic rings. The Morgan fingerprint density at radius 2 is 2.25 bits per heavy atom. The summed E-state index contributed by atoms with van der Waals surface area (Å²) in [6.45, 7) is 4.09. The molecule has 1 aliphatic heterocycles. The number of piperidine rings is 1. The number of hydrogen-bond acceptors (Lipinski definition) is 5. The molecule has 1 fully saturated rings. The van der Waals surface area contributed by atoms with Crippen LogP contribution < -0.4 is 10.6 Å². The van der Waals surface area contributed by atoms with Crippen molar-refractivity contribution in [3.63, 3.8) is 0 Å². The van der Waals surface area contributed by atoms with Gasteiger partial charge in [-0.2, -0.15) is 0 Å². The second kappa shape index (κ2) is 4.65. The van der Waals surface area contributed by atoms with Crippen molar-refractivity contribution < 1.29 is 4.74 Å². The summed E-state index contributed by atoms with van der Waals surface area (Å²) >= 11 is 0. The number of rotatable bonds is 2. The van der Waals surface area contributed by atoms with Gasteiger partial charge in [0.05, 0.1) is 18.5 Å². The summed E-state index contributed by atoms with van der Waals surface area (Å²) in [7, 11) is 1.76. The highest BCUT2D eigenvalue weighted by Crippen LogP contribution is 2.22. The lowest BCUT2D eigenvalue weighted by Crippen LogP contribution is -2.44. The van der Waals surface area contributed by atoms with E-state index in [0.29, 0.717) is 11.7 Å². The van der Waals surface area contributed by atoms with Gasteiger partial charge < -0.3 is 15.4 Å². The van der Waals surface area contributed by atoms with Gasteiger partial charge in [0.1, 0.15) is 11.6 Å². The normalized spacial score (nSPS) is 25.8. The SMILES string of the molecule is COC1CN(c2cnc(N)cn2)CCC1C. The molecule has 0 saturated carbocycles. The number of nitrogens with two attached hydrogens (primary N) is 1. The molecule has 1 saturated heterocycles. The molecular formula is C11H18N4O. The van der Waals surface area contributed by atoms with Crippen molar-refractivity contribution >= 4 is 11.6 Å². The first-order valence-electron chi connectivity index (χ1n) is 5.56. The highest BCUT2D eigenvalue weighted by molar-refractivity contribution is 5.40. The molecule has 2 N–H and O–H groups in total. The van der Waals surface area contributed by atoms with Crippen LogP contribution >= 0.6 is 0 Å². The van der Waals surface area contributed by atoms with E-state index in [0.717, 1.165) is 25.3 Å². The largest absolute Gasteiger partial charge is 0.382 e. The summed E-state index contributed by atoms with van der Waals surface area (Å²) in [6, 6.07) is 0. The quantitative estimate of drug-likeness (QED) is 0.806. The molecule has 88 valence electrons. The van der Waals surface area contributed by atoms with E-state index in [1.54, 1.807) is 19.5 Å². The minimum absolute atomic E-state index is 0.271. The number of hydrogen-bond donors (Lipinski definition) is 1. The highest BCUT2D eigenvalue weighted by Gasteiger charge is 2.26. The highest BCUT2D eigenvalue weighted by atomic mass is 16.5. The molecule has 2 heterocycles. The van der Waals surface area contributed by atoms with Gasteiger partial charge in [0, 0.05) is 20.2 Å². The number of anilines is 2. The third kappa shape index (κ3) is 2.24. The molecule has 1 aliphatic rings. The number of methoxy groups -OCH3 is 1. The van der Waals surface area contributed by atoms with Gasteiger partial charge >= 0.3 is 0 Å². The number of nitrogen functional groups attached to an aromatic ring is 1. The lowest BCUT2D eigenvalue weighted by Gasteiger charge is -2.36. The van der Waals surface area contributed by atoms with Crippen LogP contribution in [-0.4, -0.2) is 36.3 Å². The lowest BCUT2D eigenvalue weighted by atomic mass is 9.96. The van der Waals surface area contributed by atoms with Crippen LogP contribution in [0.3, 0.4) is 0 Å². The molecule has 0 radical (unpaired) electrons. The molecule has 0 aromatic carbocycles. The zero-order chi connectivity index (χ0) is 11.5. The molecule has 1 aromatic heterocycles. The molecule has 0 aliphatic carbocycles. The molecule has 5 nitrogen and oxygen atoms in total. The van der Waals surface area contributed by atoms with Crippen molar-refractivity contribution in [2.75, 3.05) is 30.8 Å². The third-order valence-electron chi connectivity index (χ3n) is 3.17. The van der Waals surface area contributed by atoms with E-state index in [2.05, 4.69) is 21.8 Å². The summed E-state index contributed by atoms with van der Waals surface area (Å²) in [5.74, 6) is 1.93. The molecule has 0 spiro atoms. The Hall–Kier alpha value is -1.36. The van der Waals surface area contributed by atoms with Gasteiger partial charge in [-0.1, -0.05) is 6.92 Å². The maximum Gasteiger partial charge on any atom is 0.147 e. The van der Waals surface area contributed by atoms with Gasteiger partial charge in [0.25, 0.3) is 0 Å². The predicted molar refractivity (Wildman–Crippen MR) is 63.2 cm³/mol. The molecule has 16 heavy (non-hydrogen) atoms. The fourth-order valence-electron chi connectivity index (χ4n) is 2.04. The van der Waals surface area contributed by atoms with Crippen LogP contribution in [0.1, 0.15) is 13.3 Å². The van der Waals surface area contributed by atoms with Crippen LogP contribution in [0.5, 0.6) is 0 Å². The molecule has 2 unspecified atom stereocenters. The van der Waals surface area contributed by atoms with Crippen molar-refractivity contribution in [2.45, 2.75) is 19.4 Å². The van der Waals surface area contributed by atoms with Gasteiger partial charge in [-0.15, -0.1) is 0 Å². The first-order chi connectivity index (χ1) is 7.70. The molecule has 2 atom stereocenters. The first-order valence-corrected chi connectivity index (χ1v) is 5.56. The van der Waals surface area contributed by atoms with Crippen LogP contribution in [0.4, 0.5) is 11.6 Å². The summed E-state index contributed by atoms with van der Waals surface area (Å²) in [5.41, 5.74) is 5.51. The molecule has 0 bridgehead atoms. The zero-order valence-electron chi connectivity index (χ0n) is 9.76. The Bertz CT molecular complexity index is 340. The molecular weight excluding hydrogens is 204 g/mol. The van der Waals surface area contributed by atoms with E-state index in [9.17, 15) is 0 Å². The van der Waals surface area contributed by atoms with Crippen molar-refractivity contribution in [3.05, 3.63) is 12.4 Å². The minimum atomic E-state index is 0.271. The predicted octanol–water partition coefficient (Wildman–Crippen LogP) is 0.920. The average Bonchev–Trinajstić information content (AvgIpc) is 2.31. The third-order valence-corrected chi connectivity index (χ3v) is 3.17. The van der Waals surface area contributed by atoms with Gasteiger partial charge in [-0.05, 0) is 12.3 Å². The van der Waals surface area contributed by atoms with E-state index in [1.165, 1.54) is 0 Å². The van der Waals surface area contributed by atoms with Crippen LogP contribution in [0, 0.1) is 5.92 Å². The number of aromatic nitrogens is 2. The van der Waals surface area contributed by atoms with Gasteiger partial charge in [-0.3, -0.25) is 0 Å². The number of ether oxygens (including phenoxy) is 1. The smallest absolute Gasteiger partial charge is 0.147 e. The standard InChI is InChI=1S/C11H18N4O/c1-8-3-4-15(7-9(8)16-2)11-6-13-10(12)5-14-11/h5-6,8-9H,3-4,7H2,1-2H3,(H2,12,13). The van der Waals surface area contributed by atoms with Crippen molar-refractivity contribution in [1.29, 1.82) is 0 Å². The Kier molecular flexibility index (Phi) is 3.24. The van der Waals surface area contributed by atoms with E-state index in [1.807, 2.05) is 0 Å². The van der Waals surface area contributed by atoms with Crippen LogP contribution in [0.25, 0.3) is 0 Å². The Labute approximate surface area is 95.6 Å². The summed E-state index contributed by atoms with van der Waals surface area (Å²) in [5, 5.41) is 0. The second-order valence-corrected chi connectivity index (χ2v) is 4.29. The summed E-state index contributed by atoms with van der Waals surface area (Å²) in [4.78, 5) is 10.5. The average molecular weight is 222 g/mol. The van der Waals surface area contributed by atoms with Crippen LogP contribution in [0.2, 0.25) is 0 Å². The first kappa shape index (κ1) is 11.1. The van der Waals surface area contributed by atoms with E-state index in [4.69, 9.17) is 10.5 Å². The van der Waals surface area contributed by atoms with E-state index in [-0.39, 0.29) is 6.10 Å². The van der Waals surface area contributed by atoms with Gasteiger partial charge in [0.2, 0.25) is 0 Å². The van der Waals surface area contributed by atoms with Crippen molar-refractivity contribution in [2.24, 2.45) is 5.92 Å². The maximum atomic E-state index is 5.51. The lowest BCUT2D eigenvalue weighted by molar-refractivity contribution is 0.0496. The monoisotopic (exact) mass is 222 g/mol. The van der Waals surface area contributed by atoms with E-state index >= 15 is 0 Å². The topological polar surface area (TPSA) is 64.3 Å².